The smallest absolute Gasteiger partial charge is 0.495 e. The highest BCUT2D eigenvalue weighted by molar-refractivity contribution is 6.31. The van der Waals surface area contributed by atoms with Crippen molar-refractivity contribution in [1.29, 1.82) is 0 Å². The van der Waals surface area contributed by atoms with E-state index in [0.717, 1.165) is 0 Å². The van der Waals surface area contributed by atoms with Crippen LogP contribution in [0.2, 0.25) is 10.0 Å². The SMILES string of the molecule is COCCOCCOC(=O)OC(C)OC(=O)c1ccc(NC(=O)[C@@H]2N[C@@H](CC(C)(C)C)C3(C(=O)Nc4cc(Cl)c(F)cc43)[C@H]2c2cccc(Cl)c2)c(OC)c1. The molecule has 0 saturated carbocycles. The van der Waals surface area contributed by atoms with Gasteiger partial charge in [-0.2, -0.15) is 0 Å². The summed E-state index contributed by atoms with van der Waals surface area (Å²) in [6, 6.07) is 12.0. The molecule has 5 atom stereocenters. The Labute approximate surface area is 328 Å². The van der Waals surface area contributed by atoms with Crippen molar-refractivity contribution < 1.29 is 52.0 Å². The fourth-order valence-electron chi connectivity index (χ4n) is 7.11. The zero-order valence-corrected chi connectivity index (χ0v) is 32.8. The van der Waals surface area contributed by atoms with E-state index in [1.165, 1.54) is 51.5 Å². The number of fused-ring (bicyclic) bond motifs is 2. The van der Waals surface area contributed by atoms with E-state index in [1.54, 1.807) is 24.3 Å². The average Bonchev–Trinajstić information content (AvgIpc) is 3.59. The van der Waals surface area contributed by atoms with Crippen LogP contribution in [-0.2, 0) is 38.7 Å². The number of carbonyl (C=O) groups is 4. The summed E-state index contributed by atoms with van der Waals surface area (Å²) < 4.78 is 46.0. The van der Waals surface area contributed by atoms with E-state index >= 15 is 4.39 Å². The van der Waals surface area contributed by atoms with Crippen LogP contribution < -0.4 is 20.7 Å². The van der Waals surface area contributed by atoms with Crippen molar-refractivity contribution in [3.05, 3.63) is 87.2 Å². The van der Waals surface area contributed by atoms with Crippen LogP contribution in [0.5, 0.6) is 5.75 Å². The van der Waals surface area contributed by atoms with Crippen LogP contribution in [0.1, 0.15) is 61.5 Å². The second-order valence-corrected chi connectivity index (χ2v) is 15.2. The van der Waals surface area contributed by atoms with Crippen LogP contribution in [0.15, 0.2) is 54.6 Å². The van der Waals surface area contributed by atoms with Crippen LogP contribution >= 0.6 is 23.2 Å². The summed E-state index contributed by atoms with van der Waals surface area (Å²) in [4.78, 5) is 53.9. The monoisotopic (exact) mass is 803 g/mol. The first-order chi connectivity index (χ1) is 26.1. The lowest BCUT2D eigenvalue weighted by Crippen LogP contribution is -2.49. The van der Waals surface area contributed by atoms with Crippen molar-refractivity contribution >= 4 is 58.5 Å². The molecule has 16 heteroatoms. The average molecular weight is 805 g/mol. The van der Waals surface area contributed by atoms with Gasteiger partial charge in [0.25, 0.3) is 0 Å². The molecule has 0 bridgehead atoms. The summed E-state index contributed by atoms with van der Waals surface area (Å²) >= 11 is 12.6. The van der Waals surface area contributed by atoms with Crippen molar-refractivity contribution in [1.82, 2.24) is 5.32 Å². The molecule has 1 fully saturated rings. The summed E-state index contributed by atoms with van der Waals surface area (Å²) in [7, 11) is 2.89. The van der Waals surface area contributed by atoms with Gasteiger partial charge in [0.05, 0.1) is 49.2 Å². The Morgan fingerprint density at radius 3 is 2.42 bits per heavy atom. The second kappa shape index (κ2) is 17.5. The number of esters is 1. The number of rotatable bonds is 14. The summed E-state index contributed by atoms with van der Waals surface area (Å²) in [6.45, 7) is 8.17. The number of anilines is 2. The van der Waals surface area contributed by atoms with E-state index in [-0.39, 0.29) is 40.7 Å². The Morgan fingerprint density at radius 2 is 1.73 bits per heavy atom. The fraction of sp³-hybridized carbons (Fsp3) is 0.436. The largest absolute Gasteiger partial charge is 0.511 e. The molecule has 5 rings (SSSR count). The van der Waals surface area contributed by atoms with E-state index in [0.29, 0.717) is 41.5 Å². The number of methoxy groups -OCH3 is 2. The molecule has 2 heterocycles. The molecule has 13 nitrogen and oxygen atoms in total. The summed E-state index contributed by atoms with van der Waals surface area (Å²) in [5.41, 5.74) is -0.242. The molecule has 1 spiro atoms. The molecule has 0 radical (unpaired) electrons. The first-order valence-electron chi connectivity index (χ1n) is 17.5. The van der Waals surface area contributed by atoms with Crippen LogP contribution in [0, 0.1) is 11.2 Å². The molecule has 296 valence electrons. The Bertz CT molecular complexity index is 1920. The van der Waals surface area contributed by atoms with Gasteiger partial charge in [0, 0.05) is 36.7 Å². The van der Waals surface area contributed by atoms with E-state index in [2.05, 4.69) is 16.0 Å². The molecular weight excluding hydrogens is 760 g/mol. The number of nitrogens with one attached hydrogen (secondary N) is 3. The molecule has 3 aromatic carbocycles. The van der Waals surface area contributed by atoms with Crippen LogP contribution in [-0.4, -0.2) is 83.0 Å². The van der Waals surface area contributed by atoms with Crippen LogP contribution in [0.25, 0.3) is 0 Å². The topological polar surface area (TPSA) is 160 Å². The Balaban J connectivity index is 1.40. The van der Waals surface area contributed by atoms with Crippen molar-refractivity contribution in [3.8, 4) is 5.75 Å². The Morgan fingerprint density at radius 1 is 0.982 bits per heavy atom. The molecule has 0 aliphatic carbocycles. The summed E-state index contributed by atoms with van der Waals surface area (Å²) in [6.07, 6.45) is -1.93. The van der Waals surface area contributed by atoms with Gasteiger partial charge in [-0.1, -0.05) is 56.1 Å². The fourth-order valence-corrected chi connectivity index (χ4v) is 7.47. The van der Waals surface area contributed by atoms with Gasteiger partial charge in [0.2, 0.25) is 18.1 Å². The third-order valence-corrected chi connectivity index (χ3v) is 9.83. The zero-order valence-electron chi connectivity index (χ0n) is 31.3. The Hall–Kier alpha value is -4.47. The van der Waals surface area contributed by atoms with Gasteiger partial charge in [-0.15, -0.1) is 0 Å². The summed E-state index contributed by atoms with van der Waals surface area (Å²) in [5.74, 6) is -3.25. The number of carbonyl (C=O) groups excluding carboxylic acids is 4. The number of amides is 2. The lowest BCUT2D eigenvalue weighted by Gasteiger charge is -2.37. The third kappa shape index (κ3) is 9.33. The highest BCUT2D eigenvalue weighted by Gasteiger charge is 2.66. The number of hydrogen-bond donors (Lipinski definition) is 3. The summed E-state index contributed by atoms with van der Waals surface area (Å²) in [5, 5.41) is 9.49. The van der Waals surface area contributed by atoms with Crippen molar-refractivity contribution in [2.75, 3.05) is 51.3 Å². The molecule has 1 saturated heterocycles. The molecule has 2 amide bonds. The van der Waals surface area contributed by atoms with E-state index in [1.807, 2.05) is 20.8 Å². The maximum absolute atomic E-state index is 15.3. The van der Waals surface area contributed by atoms with Gasteiger partial charge < -0.3 is 44.4 Å². The van der Waals surface area contributed by atoms with Crippen LogP contribution in [0.4, 0.5) is 20.6 Å². The normalized spacial score (nSPS) is 20.7. The molecule has 0 aromatic heterocycles. The van der Waals surface area contributed by atoms with Crippen molar-refractivity contribution in [3.63, 3.8) is 0 Å². The highest BCUT2D eigenvalue weighted by atomic mass is 35.5. The maximum Gasteiger partial charge on any atom is 0.511 e. The standard InChI is InChI=1S/C39H44Cl2FN3O10/c1-21(55-37(49)53-15-14-52-13-12-50-5)54-35(47)23-10-11-28(30(17-23)51-6)43-34(46)33-32(22-8-7-9-24(40)16-22)39(31(45-33)20-38(2,3)4)25-18-27(42)26(41)19-29(25)44-36(39)48/h7-11,16-19,21,31-33,45H,12-15,20H2,1-6H3,(H,43,46)(H,44,48)/t21?,31-,32-,33+,39?/m0/s1. The predicted octanol–water partition coefficient (Wildman–Crippen LogP) is 6.85. The minimum absolute atomic E-state index is 0.0325. The number of halogens is 3. The maximum atomic E-state index is 15.3. The number of benzene rings is 3. The molecule has 55 heavy (non-hydrogen) atoms. The zero-order chi connectivity index (χ0) is 40.1. The third-order valence-electron chi connectivity index (χ3n) is 9.30. The molecule has 2 aliphatic heterocycles. The number of hydrogen-bond acceptors (Lipinski definition) is 11. The molecular formula is C39H44Cl2FN3O10. The Kier molecular flexibility index (Phi) is 13.3. The lowest BCUT2D eigenvalue weighted by atomic mass is 9.62. The van der Waals surface area contributed by atoms with Crippen molar-refractivity contribution in [2.24, 2.45) is 5.41 Å². The van der Waals surface area contributed by atoms with Gasteiger partial charge in [0.1, 0.15) is 23.6 Å². The van der Waals surface area contributed by atoms with E-state index in [4.69, 9.17) is 51.6 Å². The van der Waals surface area contributed by atoms with Gasteiger partial charge >= 0.3 is 12.1 Å². The molecule has 3 aromatic rings. The predicted molar refractivity (Wildman–Crippen MR) is 202 cm³/mol. The lowest BCUT2D eigenvalue weighted by molar-refractivity contribution is -0.122. The second-order valence-electron chi connectivity index (χ2n) is 14.3. The van der Waals surface area contributed by atoms with E-state index < -0.39 is 59.5 Å². The number of ether oxygens (including phenoxy) is 6. The minimum atomic E-state index is -1.46. The quantitative estimate of drug-likeness (QED) is 0.0889. The van der Waals surface area contributed by atoms with Gasteiger partial charge in [-0.25, -0.2) is 14.0 Å². The van der Waals surface area contributed by atoms with Crippen LogP contribution in [0.3, 0.4) is 0 Å². The highest BCUT2D eigenvalue weighted by Crippen LogP contribution is 2.57. The first kappa shape index (κ1) is 41.7. The van der Waals surface area contributed by atoms with E-state index in [9.17, 15) is 19.2 Å². The minimum Gasteiger partial charge on any atom is -0.495 e. The van der Waals surface area contributed by atoms with Gasteiger partial charge in [0.15, 0.2) is 0 Å². The van der Waals surface area contributed by atoms with Gasteiger partial charge in [-0.05, 0) is 65.4 Å². The van der Waals surface area contributed by atoms with Gasteiger partial charge in [-0.3, -0.25) is 9.59 Å². The van der Waals surface area contributed by atoms with Crippen molar-refractivity contribution in [2.45, 2.75) is 63.8 Å². The molecule has 3 N–H and O–H groups in total. The first-order valence-corrected chi connectivity index (χ1v) is 18.3. The molecule has 2 aliphatic rings. The molecule has 2 unspecified atom stereocenters.